The van der Waals surface area contributed by atoms with Gasteiger partial charge in [0.25, 0.3) is 5.91 Å². The van der Waals surface area contributed by atoms with Crippen molar-refractivity contribution >= 4 is 29.3 Å². The number of thioether (sulfide) groups is 1. The monoisotopic (exact) mass is 345 g/mol. The van der Waals surface area contributed by atoms with Crippen molar-refractivity contribution in [2.24, 2.45) is 0 Å². The highest BCUT2D eigenvalue weighted by atomic mass is 35.5. The van der Waals surface area contributed by atoms with Crippen LogP contribution in [0.15, 0.2) is 24.3 Å². The predicted octanol–water partition coefficient (Wildman–Crippen LogP) is 3.12. The zero-order valence-electron chi connectivity index (χ0n) is 13.5. The lowest BCUT2D eigenvalue weighted by Crippen LogP contribution is -2.51. The molecule has 0 heterocycles. The van der Waals surface area contributed by atoms with Crippen LogP contribution in [0.1, 0.15) is 27.2 Å². The quantitative estimate of drug-likeness (QED) is 0.760. The number of ether oxygens (including phenoxy) is 1. The highest BCUT2D eigenvalue weighted by Crippen LogP contribution is 2.21. The summed E-state index contributed by atoms with van der Waals surface area (Å²) in [5.74, 6) is 1.14. The third-order valence-electron chi connectivity index (χ3n) is 3.21. The summed E-state index contributed by atoms with van der Waals surface area (Å²) in [4.78, 5) is 12.3. The predicted molar refractivity (Wildman–Crippen MR) is 92.8 cm³/mol. The molecule has 1 atom stereocenters. The molecule has 1 aromatic rings. The zero-order chi connectivity index (χ0) is 16.8. The van der Waals surface area contributed by atoms with Crippen LogP contribution in [-0.2, 0) is 4.79 Å². The number of carbonyl (C=O) groups is 1. The van der Waals surface area contributed by atoms with Crippen LogP contribution in [-0.4, -0.2) is 40.8 Å². The molecule has 124 valence electrons. The molecule has 22 heavy (non-hydrogen) atoms. The van der Waals surface area contributed by atoms with E-state index in [0.717, 1.165) is 5.75 Å². The highest BCUT2D eigenvalue weighted by Gasteiger charge is 2.31. The molecule has 0 fully saturated rings. The van der Waals surface area contributed by atoms with E-state index < -0.39 is 11.2 Å². The molecule has 0 aliphatic carbocycles. The van der Waals surface area contributed by atoms with Crippen molar-refractivity contribution in [2.75, 3.05) is 18.6 Å². The number of rotatable bonds is 8. The average Bonchev–Trinajstić information content (AvgIpc) is 2.45. The Morgan fingerprint density at radius 2 is 1.91 bits per heavy atom. The van der Waals surface area contributed by atoms with E-state index in [1.807, 2.05) is 6.26 Å². The highest BCUT2D eigenvalue weighted by molar-refractivity contribution is 7.98. The summed E-state index contributed by atoms with van der Waals surface area (Å²) in [6.45, 7) is 5.29. The number of halogens is 1. The van der Waals surface area contributed by atoms with Crippen LogP contribution in [0.3, 0.4) is 0 Å². The normalized spacial score (nSPS) is 14.3. The van der Waals surface area contributed by atoms with Gasteiger partial charge in [0.15, 0.2) is 5.60 Å². The molecule has 0 saturated carbocycles. The minimum atomic E-state index is -1.04. The maximum atomic E-state index is 12.3. The van der Waals surface area contributed by atoms with Crippen LogP contribution in [0.25, 0.3) is 0 Å². The van der Waals surface area contributed by atoms with E-state index in [1.54, 1.807) is 56.8 Å². The first kappa shape index (κ1) is 19.1. The van der Waals surface area contributed by atoms with Gasteiger partial charge in [-0.1, -0.05) is 11.6 Å². The van der Waals surface area contributed by atoms with Gasteiger partial charge in [-0.25, -0.2) is 0 Å². The minimum absolute atomic E-state index is 0.194. The number of hydrogen-bond acceptors (Lipinski definition) is 4. The second-order valence-corrected chi connectivity index (χ2v) is 7.41. The van der Waals surface area contributed by atoms with Crippen molar-refractivity contribution in [2.45, 2.75) is 38.4 Å². The Balaban J connectivity index is 2.57. The molecular weight excluding hydrogens is 322 g/mol. The van der Waals surface area contributed by atoms with Gasteiger partial charge in [-0.2, -0.15) is 11.8 Å². The molecule has 0 bridgehead atoms. The third-order valence-corrected chi connectivity index (χ3v) is 4.07. The van der Waals surface area contributed by atoms with E-state index in [1.165, 1.54) is 0 Å². The van der Waals surface area contributed by atoms with Crippen molar-refractivity contribution in [3.05, 3.63) is 29.3 Å². The second-order valence-electron chi connectivity index (χ2n) is 5.99. The van der Waals surface area contributed by atoms with Gasteiger partial charge in [-0.3, -0.25) is 4.79 Å². The molecule has 6 heteroatoms. The first-order valence-electron chi connectivity index (χ1n) is 7.10. The van der Waals surface area contributed by atoms with E-state index in [4.69, 9.17) is 16.3 Å². The van der Waals surface area contributed by atoms with E-state index in [9.17, 15) is 9.90 Å². The molecule has 0 aliphatic rings. The molecule has 1 aromatic carbocycles. The summed E-state index contributed by atoms with van der Waals surface area (Å²) in [7, 11) is 0. The summed E-state index contributed by atoms with van der Waals surface area (Å²) in [5, 5.41) is 13.6. The lowest BCUT2D eigenvalue weighted by atomic mass is 10.0. The summed E-state index contributed by atoms with van der Waals surface area (Å²) in [6.07, 6.45) is 2.60. The Kier molecular flexibility index (Phi) is 7.03. The fourth-order valence-corrected chi connectivity index (χ4v) is 2.51. The van der Waals surface area contributed by atoms with E-state index >= 15 is 0 Å². The number of benzene rings is 1. The smallest absolute Gasteiger partial charge is 0.263 e. The second kappa shape index (κ2) is 8.09. The molecule has 0 radical (unpaired) electrons. The van der Waals surface area contributed by atoms with Crippen LogP contribution in [0.4, 0.5) is 0 Å². The van der Waals surface area contributed by atoms with Crippen molar-refractivity contribution in [3.63, 3.8) is 0 Å². The van der Waals surface area contributed by atoms with Crippen LogP contribution >= 0.6 is 23.4 Å². The Morgan fingerprint density at radius 1 is 1.32 bits per heavy atom. The van der Waals surface area contributed by atoms with Crippen molar-refractivity contribution in [1.29, 1.82) is 0 Å². The van der Waals surface area contributed by atoms with Gasteiger partial charge in [-0.15, -0.1) is 0 Å². The van der Waals surface area contributed by atoms with Gasteiger partial charge in [0.1, 0.15) is 5.75 Å². The fraction of sp³-hybridized carbons (Fsp3) is 0.562. The van der Waals surface area contributed by atoms with Gasteiger partial charge < -0.3 is 15.2 Å². The topological polar surface area (TPSA) is 58.6 Å². The van der Waals surface area contributed by atoms with Gasteiger partial charge in [0, 0.05) is 11.6 Å². The van der Waals surface area contributed by atoms with Crippen LogP contribution in [0.5, 0.6) is 5.75 Å². The molecule has 0 aromatic heterocycles. The lowest BCUT2D eigenvalue weighted by molar-refractivity contribution is -0.135. The Bertz CT molecular complexity index is 489. The molecule has 4 nitrogen and oxygen atoms in total. The molecule has 1 amide bonds. The Hall–Kier alpha value is -0.910. The zero-order valence-corrected chi connectivity index (χ0v) is 15.1. The number of hydrogen-bond donors (Lipinski definition) is 2. The van der Waals surface area contributed by atoms with Crippen molar-refractivity contribution in [1.82, 2.24) is 5.32 Å². The van der Waals surface area contributed by atoms with E-state index in [2.05, 4.69) is 5.32 Å². The number of aliphatic hydroxyl groups is 1. The third kappa shape index (κ3) is 6.46. The molecule has 0 aliphatic heterocycles. The molecule has 0 saturated heterocycles. The summed E-state index contributed by atoms with van der Waals surface area (Å²) < 4.78 is 5.71. The minimum Gasteiger partial charge on any atom is -0.478 e. The SMILES string of the molecule is CSCC[C@](C)(O)CNC(=O)C(C)(C)Oc1ccc(Cl)cc1. The van der Waals surface area contributed by atoms with Gasteiger partial charge >= 0.3 is 0 Å². The number of carbonyl (C=O) groups excluding carboxylic acids is 1. The maximum Gasteiger partial charge on any atom is 0.263 e. The average molecular weight is 346 g/mol. The largest absolute Gasteiger partial charge is 0.478 e. The number of nitrogens with one attached hydrogen (secondary N) is 1. The van der Waals surface area contributed by atoms with Crippen LogP contribution in [0.2, 0.25) is 5.02 Å². The maximum absolute atomic E-state index is 12.3. The Labute approximate surface area is 141 Å². The van der Waals surface area contributed by atoms with Crippen molar-refractivity contribution in [3.8, 4) is 5.75 Å². The molecule has 1 rings (SSSR count). The molecule has 2 N–H and O–H groups in total. The van der Waals surface area contributed by atoms with Gasteiger partial charge in [-0.05, 0) is 63.5 Å². The number of amides is 1. The fourth-order valence-electron chi connectivity index (χ4n) is 1.74. The summed E-state index contributed by atoms with van der Waals surface area (Å²) in [6, 6.07) is 6.84. The molecule has 0 spiro atoms. The first-order chi connectivity index (χ1) is 10.2. The molecular formula is C16H24ClNO3S. The van der Waals surface area contributed by atoms with E-state index in [-0.39, 0.29) is 12.5 Å². The Morgan fingerprint density at radius 3 is 2.45 bits per heavy atom. The van der Waals surface area contributed by atoms with Gasteiger partial charge in [0.2, 0.25) is 0 Å². The first-order valence-corrected chi connectivity index (χ1v) is 8.88. The lowest BCUT2D eigenvalue weighted by Gasteiger charge is -2.28. The van der Waals surface area contributed by atoms with E-state index in [0.29, 0.717) is 17.2 Å². The van der Waals surface area contributed by atoms with Crippen molar-refractivity contribution < 1.29 is 14.6 Å². The standard InChI is InChI=1S/C16H24ClNO3S/c1-15(2,21-13-7-5-12(17)6-8-13)14(19)18-11-16(3,20)9-10-22-4/h5-8,20H,9-11H2,1-4H3,(H,18,19)/t16-/m0/s1. The summed E-state index contributed by atoms with van der Waals surface area (Å²) in [5.41, 5.74) is -1.96. The van der Waals surface area contributed by atoms with Crippen LogP contribution < -0.4 is 10.1 Å². The summed E-state index contributed by atoms with van der Waals surface area (Å²) >= 11 is 7.49. The molecule has 0 unspecified atom stereocenters. The van der Waals surface area contributed by atoms with Gasteiger partial charge in [0.05, 0.1) is 5.60 Å². The van der Waals surface area contributed by atoms with Crippen LogP contribution in [0, 0.1) is 0 Å².